The van der Waals surface area contributed by atoms with E-state index in [1.807, 2.05) is 0 Å². The molecule has 84 valence electrons. The summed E-state index contributed by atoms with van der Waals surface area (Å²) >= 11 is 0. The zero-order chi connectivity index (χ0) is 11.7. The van der Waals surface area contributed by atoms with Crippen molar-refractivity contribution in [2.24, 2.45) is 0 Å². The maximum atomic E-state index is 5.16. The average molecular weight is 212 g/mol. The predicted octanol–water partition coefficient (Wildman–Crippen LogP) is 2.67. The summed E-state index contributed by atoms with van der Waals surface area (Å²) in [6, 6.07) is 0. The molecule has 15 heavy (non-hydrogen) atoms. The van der Waals surface area contributed by atoms with Gasteiger partial charge in [-0.05, 0) is 0 Å². The normalized spacial score (nSPS) is 10.0. The minimum atomic E-state index is -1.20. The van der Waals surface area contributed by atoms with Crippen molar-refractivity contribution < 1.29 is 18.9 Å². The van der Waals surface area contributed by atoms with Crippen LogP contribution in [0.1, 0.15) is 6.92 Å². The zero-order valence-corrected chi connectivity index (χ0v) is 8.85. The lowest BCUT2D eigenvalue weighted by atomic mass is 10.3. The quantitative estimate of drug-likeness (QED) is 0.435. The fourth-order valence-corrected chi connectivity index (χ4v) is 0.924. The molecule has 0 atom stereocenters. The van der Waals surface area contributed by atoms with Gasteiger partial charge in [0.1, 0.15) is 0 Å². The van der Waals surface area contributed by atoms with E-state index in [1.165, 1.54) is 25.0 Å². The summed E-state index contributed by atoms with van der Waals surface area (Å²) in [5.41, 5.74) is 0. The largest absolute Gasteiger partial charge is 0.456 e. The van der Waals surface area contributed by atoms with Gasteiger partial charge in [-0.25, -0.2) is 0 Å². The second-order valence-electron chi connectivity index (χ2n) is 2.52. The lowest BCUT2D eigenvalue weighted by Crippen LogP contribution is -2.44. The lowest BCUT2D eigenvalue weighted by Gasteiger charge is -2.33. The number of hydrogen-bond donors (Lipinski definition) is 0. The van der Waals surface area contributed by atoms with Crippen LogP contribution in [0.25, 0.3) is 0 Å². The van der Waals surface area contributed by atoms with Crippen LogP contribution in [0.3, 0.4) is 0 Å². The molecule has 0 aliphatic carbocycles. The third-order valence-corrected chi connectivity index (χ3v) is 1.50. The van der Waals surface area contributed by atoms with Crippen LogP contribution in [-0.2, 0) is 18.9 Å². The third kappa shape index (κ3) is 3.81. The fraction of sp³-hybridized carbons (Fsp3) is 0.273. The molecule has 0 amide bonds. The first-order valence-electron chi connectivity index (χ1n) is 4.24. The summed E-state index contributed by atoms with van der Waals surface area (Å²) in [6.45, 7) is 15.3. The molecule has 0 aromatic rings. The SMILES string of the molecule is C=COC(OC=C)C(C)(OC=C)OC=C. The fourth-order valence-electron chi connectivity index (χ4n) is 0.924. The molecule has 4 heteroatoms. The molecule has 0 fully saturated rings. The second-order valence-corrected chi connectivity index (χ2v) is 2.52. The molecule has 0 radical (unpaired) electrons. The van der Waals surface area contributed by atoms with E-state index in [0.29, 0.717) is 0 Å². The van der Waals surface area contributed by atoms with E-state index >= 15 is 0 Å². The zero-order valence-electron chi connectivity index (χ0n) is 8.85. The minimum absolute atomic E-state index is 0.858. The van der Waals surface area contributed by atoms with Gasteiger partial charge in [0.05, 0.1) is 25.0 Å². The number of rotatable bonds is 9. The first kappa shape index (κ1) is 13.2. The van der Waals surface area contributed by atoms with E-state index in [1.54, 1.807) is 6.92 Å². The smallest absolute Gasteiger partial charge is 0.322 e. The van der Waals surface area contributed by atoms with Gasteiger partial charge in [-0.2, -0.15) is 0 Å². The van der Waals surface area contributed by atoms with Gasteiger partial charge in [0.2, 0.25) is 0 Å². The summed E-state index contributed by atoms with van der Waals surface area (Å²) in [5, 5.41) is 0. The van der Waals surface area contributed by atoms with Crippen molar-refractivity contribution in [1.29, 1.82) is 0 Å². The molecule has 0 heterocycles. The van der Waals surface area contributed by atoms with Gasteiger partial charge in [0.15, 0.2) is 0 Å². The van der Waals surface area contributed by atoms with Crippen LogP contribution in [0, 0.1) is 0 Å². The van der Waals surface area contributed by atoms with Crippen LogP contribution >= 0.6 is 0 Å². The van der Waals surface area contributed by atoms with Crippen molar-refractivity contribution in [1.82, 2.24) is 0 Å². The molecule has 0 saturated heterocycles. The molecule has 0 bridgehead atoms. The Morgan fingerprint density at radius 3 is 1.53 bits per heavy atom. The molecule has 0 N–H and O–H groups in total. The van der Waals surface area contributed by atoms with Gasteiger partial charge in [-0.15, -0.1) is 0 Å². The highest BCUT2D eigenvalue weighted by molar-refractivity contribution is 4.78. The first-order valence-corrected chi connectivity index (χ1v) is 4.24. The molecule has 0 aliphatic heterocycles. The highest BCUT2D eigenvalue weighted by Gasteiger charge is 2.40. The van der Waals surface area contributed by atoms with Crippen molar-refractivity contribution >= 4 is 0 Å². The molecule has 0 spiro atoms. The molecule has 0 aliphatic rings. The van der Waals surface area contributed by atoms with Crippen molar-refractivity contribution in [3.8, 4) is 0 Å². The summed E-state index contributed by atoms with van der Waals surface area (Å²) in [6.07, 6.45) is 4.00. The van der Waals surface area contributed by atoms with Crippen molar-refractivity contribution in [3.05, 3.63) is 51.4 Å². The topological polar surface area (TPSA) is 36.9 Å². The molecule has 0 rings (SSSR count). The Bertz CT molecular complexity index is 215. The lowest BCUT2D eigenvalue weighted by molar-refractivity contribution is -0.285. The van der Waals surface area contributed by atoms with Crippen molar-refractivity contribution in [2.45, 2.75) is 19.0 Å². The summed E-state index contributed by atoms with van der Waals surface area (Å²) < 4.78 is 20.5. The maximum absolute atomic E-state index is 5.16. The summed E-state index contributed by atoms with van der Waals surface area (Å²) in [5.74, 6) is -1.20. The highest BCUT2D eigenvalue weighted by Crippen LogP contribution is 2.22. The van der Waals surface area contributed by atoms with Crippen LogP contribution in [0.15, 0.2) is 51.4 Å². The van der Waals surface area contributed by atoms with Crippen molar-refractivity contribution in [2.75, 3.05) is 0 Å². The Balaban J connectivity index is 4.76. The average Bonchev–Trinajstić information content (AvgIpc) is 2.18. The van der Waals surface area contributed by atoms with Gasteiger partial charge in [0.25, 0.3) is 0 Å². The molecular weight excluding hydrogens is 196 g/mol. The molecule has 0 unspecified atom stereocenters. The monoisotopic (exact) mass is 212 g/mol. The van der Waals surface area contributed by atoms with Crippen LogP contribution < -0.4 is 0 Å². The van der Waals surface area contributed by atoms with Gasteiger partial charge >= 0.3 is 12.1 Å². The molecule has 0 aromatic carbocycles. The Morgan fingerprint density at radius 1 is 0.867 bits per heavy atom. The predicted molar refractivity (Wildman–Crippen MR) is 57.3 cm³/mol. The third-order valence-electron chi connectivity index (χ3n) is 1.50. The summed E-state index contributed by atoms with van der Waals surface area (Å²) in [7, 11) is 0. The van der Waals surface area contributed by atoms with Crippen LogP contribution in [0.5, 0.6) is 0 Å². The van der Waals surface area contributed by atoms with E-state index < -0.39 is 12.1 Å². The van der Waals surface area contributed by atoms with Gasteiger partial charge in [-0.1, -0.05) is 26.3 Å². The Hall–Kier alpha value is -1.84. The number of hydrogen-bond acceptors (Lipinski definition) is 4. The Labute approximate surface area is 90.1 Å². The second kappa shape index (κ2) is 6.59. The Morgan fingerprint density at radius 2 is 1.27 bits per heavy atom. The number of ether oxygens (including phenoxy) is 4. The van der Waals surface area contributed by atoms with Gasteiger partial charge < -0.3 is 18.9 Å². The van der Waals surface area contributed by atoms with E-state index in [0.717, 1.165) is 0 Å². The highest BCUT2D eigenvalue weighted by atomic mass is 16.8. The van der Waals surface area contributed by atoms with Crippen LogP contribution in [-0.4, -0.2) is 12.1 Å². The van der Waals surface area contributed by atoms with Crippen molar-refractivity contribution in [3.63, 3.8) is 0 Å². The molecular formula is C11H16O4. The standard InChI is InChI=1S/C11H16O4/c1-6-12-10(13-7-2)11(5,14-8-3)15-9-4/h6-10H,1-4H2,5H3. The van der Waals surface area contributed by atoms with E-state index in [9.17, 15) is 0 Å². The van der Waals surface area contributed by atoms with Gasteiger partial charge in [0, 0.05) is 6.92 Å². The van der Waals surface area contributed by atoms with Gasteiger partial charge in [-0.3, -0.25) is 0 Å². The summed E-state index contributed by atoms with van der Waals surface area (Å²) in [4.78, 5) is 0. The molecule has 0 aromatic heterocycles. The van der Waals surface area contributed by atoms with Crippen LogP contribution in [0.4, 0.5) is 0 Å². The van der Waals surface area contributed by atoms with E-state index in [2.05, 4.69) is 26.3 Å². The Kier molecular flexibility index (Phi) is 5.78. The molecule has 4 nitrogen and oxygen atoms in total. The minimum Gasteiger partial charge on any atom is -0.456 e. The molecule has 0 saturated carbocycles. The maximum Gasteiger partial charge on any atom is 0.322 e. The van der Waals surface area contributed by atoms with E-state index in [-0.39, 0.29) is 0 Å². The van der Waals surface area contributed by atoms with E-state index in [4.69, 9.17) is 18.9 Å². The first-order chi connectivity index (χ1) is 7.14. The van der Waals surface area contributed by atoms with Crippen LogP contribution in [0.2, 0.25) is 0 Å².